The SMILES string of the molecule is Cc1cc(CCOCCCc2cccnc2)c([N+](=O)[O-])c(Cl)n1. The van der Waals surface area contributed by atoms with Crippen LogP contribution < -0.4 is 0 Å². The summed E-state index contributed by atoms with van der Waals surface area (Å²) in [6, 6.07) is 5.62. The Bertz CT molecular complexity index is 665. The summed E-state index contributed by atoms with van der Waals surface area (Å²) in [6.07, 6.45) is 5.80. The van der Waals surface area contributed by atoms with E-state index in [1.54, 1.807) is 19.2 Å². The van der Waals surface area contributed by atoms with Gasteiger partial charge >= 0.3 is 5.69 Å². The molecule has 0 unspecified atom stereocenters. The summed E-state index contributed by atoms with van der Waals surface area (Å²) in [7, 11) is 0. The molecule has 0 bridgehead atoms. The smallest absolute Gasteiger partial charge is 0.309 e. The molecule has 6 nitrogen and oxygen atoms in total. The molecule has 2 heterocycles. The lowest BCUT2D eigenvalue weighted by atomic mass is 10.1. The lowest BCUT2D eigenvalue weighted by molar-refractivity contribution is -0.385. The minimum atomic E-state index is -0.494. The first-order chi connectivity index (χ1) is 11.1. The van der Waals surface area contributed by atoms with E-state index in [-0.39, 0.29) is 10.8 Å². The summed E-state index contributed by atoms with van der Waals surface area (Å²) in [5.74, 6) is 0. The van der Waals surface area contributed by atoms with Crippen molar-refractivity contribution in [3.63, 3.8) is 0 Å². The maximum atomic E-state index is 11.1. The molecule has 23 heavy (non-hydrogen) atoms. The van der Waals surface area contributed by atoms with Crippen molar-refractivity contribution < 1.29 is 9.66 Å². The van der Waals surface area contributed by atoms with Crippen LogP contribution in [0.3, 0.4) is 0 Å². The van der Waals surface area contributed by atoms with Gasteiger partial charge in [-0.15, -0.1) is 0 Å². The third-order valence-electron chi connectivity index (χ3n) is 3.33. The minimum Gasteiger partial charge on any atom is -0.381 e. The summed E-state index contributed by atoms with van der Waals surface area (Å²) in [5.41, 5.74) is 2.26. The van der Waals surface area contributed by atoms with Gasteiger partial charge in [0, 0.05) is 36.7 Å². The maximum Gasteiger partial charge on any atom is 0.309 e. The molecule has 0 saturated heterocycles. The van der Waals surface area contributed by atoms with Gasteiger partial charge < -0.3 is 4.74 Å². The highest BCUT2D eigenvalue weighted by molar-refractivity contribution is 6.31. The molecule has 0 atom stereocenters. The van der Waals surface area contributed by atoms with E-state index in [1.165, 1.54) is 5.56 Å². The molecule has 0 fully saturated rings. The largest absolute Gasteiger partial charge is 0.381 e. The molecule has 2 aromatic heterocycles. The molecule has 2 aromatic rings. The van der Waals surface area contributed by atoms with Gasteiger partial charge in [0.1, 0.15) is 0 Å². The molecule has 122 valence electrons. The summed E-state index contributed by atoms with van der Waals surface area (Å²) in [5, 5.41) is 11.0. The van der Waals surface area contributed by atoms with E-state index in [9.17, 15) is 10.1 Å². The van der Waals surface area contributed by atoms with Crippen LogP contribution in [0.2, 0.25) is 5.15 Å². The Labute approximate surface area is 139 Å². The van der Waals surface area contributed by atoms with Crippen molar-refractivity contribution in [1.82, 2.24) is 9.97 Å². The van der Waals surface area contributed by atoms with Crippen LogP contribution in [0.5, 0.6) is 0 Å². The Balaban J connectivity index is 1.79. The third-order valence-corrected chi connectivity index (χ3v) is 3.60. The van der Waals surface area contributed by atoms with Crippen LogP contribution >= 0.6 is 11.6 Å². The van der Waals surface area contributed by atoms with Crippen molar-refractivity contribution in [2.24, 2.45) is 0 Å². The molecule has 7 heteroatoms. The second kappa shape index (κ2) is 8.55. The second-order valence-electron chi connectivity index (χ2n) is 5.15. The number of hydrogen-bond acceptors (Lipinski definition) is 5. The third kappa shape index (κ3) is 5.26. The van der Waals surface area contributed by atoms with Gasteiger partial charge in [-0.2, -0.15) is 0 Å². The number of nitrogens with zero attached hydrogens (tertiary/aromatic N) is 3. The standard InChI is InChI=1S/C16H18ClN3O3/c1-12-10-14(15(20(21)22)16(17)19-12)6-9-23-8-3-5-13-4-2-7-18-11-13/h2,4,7,10-11H,3,5-6,8-9H2,1H3. The predicted molar refractivity (Wildman–Crippen MR) is 87.7 cm³/mol. The molecule has 2 rings (SSSR count). The number of hydrogen-bond donors (Lipinski definition) is 0. The Morgan fingerprint density at radius 3 is 2.87 bits per heavy atom. The van der Waals surface area contributed by atoms with E-state index in [4.69, 9.17) is 16.3 Å². The van der Waals surface area contributed by atoms with Gasteiger partial charge in [-0.3, -0.25) is 15.1 Å². The molecule has 0 amide bonds. The van der Waals surface area contributed by atoms with Crippen molar-refractivity contribution >= 4 is 17.3 Å². The molecule has 0 radical (unpaired) electrons. The van der Waals surface area contributed by atoms with Gasteiger partial charge in [0.15, 0.2) is 0 Å². The van der Waals surface area contributed by atoms with Gasteiger partial charge in [0.05, 0.1) is 11.5 Å². The fraction of sp³-hybridized carbons (Fsp3) is 0.375. The van der Waals surface area contributed by atoms with Gasteiger partial charge in [-0.1, -0.05) is 17.7 Å². The number of halogens is 1. The van der Waals surface area contributed by atoms with Gasteiger partial charge in [-0.25, -0.2) is 4.98 Å². The Morgan fingerprint density at radius 1 is 1.35 bits per heavy atom. The highest BCUT2D eigenvalue weighted by Gasteiger charge is 2.20. The van der Waals surface area contributed by atoms with Gasteiger partial charge in [-0.05, 0) is 37.5 Å². The van der Waals surface area contributed by atoms with Crippen molar-refractivity contribution in [3.8, 4) is 0 Å². The van der Waals surface area contributed by atoms with E-state index in [0.717, 1.165) is 12.8 Å². The van der Waals surface area contributed by atoms with E-state index in [1.807, 2.05) is 18.3 Å². The molecule has 0 spiro atoms. The second-order valence-corrected chi connectivity index (χ2v) is 5.50. The van der Waals surface area contributed by atoms with Crippen LogP contribution in [0.25, 0.3) is 0 Å². The van der Waals surface area contributed by atoms with Crippen LogP contribution in [0.4, 0.5) is 5.69 Å². The van der Waals surface area contributed by atoms with Gasteiger partial charge in [0.25, 0.3) is 0 Å². The topological polar surface area (TPSA) is 78.2 Å². The van der Waals surface area contributed by atoms with Crippen molar-refractivity contribution in [2.75, 3.05) is 13.2 Å². The molecular formula is C16H18ClN3O3. The number of pyridine rings is 2. The molecule has 0 saturated carbocycles. The lowest BCUT2D eigenvalue weighted by Crippen LogP contribution is -2.05. The molecular weight excluding hydrogens is 318 g/mol. The van der Waals surface area contributed by atoms with Crippen LogP contribution in [0.1, 0.15) is 23.2 Å². The first-order valence-electron chi connectivity index (χ1n) is 7.35. The fourth-order valence-corrected chi connectivity index (χ4v) is 2.61. The van der Waals surface area contributed by atoms with Crippen molar-refractivity contribution in [1.29, 1.82) is 0 Å². The monoisotopic (exact) mass is 335 g/mol. The van der Waals surface area contributed by atoms with Crippen molar-refractivity contribution in [2.45, 2.75) is 26.2 Å². The quantitative estimate of drug-likeness (QED) is 0.319. The highest BCUT2D eigenvalue weighted by Crippen LogP contribution is 2.27. The first kappa shape index (κ1) is 17.3. The number of ether oxygens (including phenoxy) is 1. The first-order valence-corrected chi connectivity index (χ1v) is 7.73. The average Bonchev–Trinajstić information content (AvgIpc) is 2.50. The molecule has 0 aliphatic carbocycles. The summed E-state index contributed by atoms with van der Waals surface area (Å²) < 4.78 is 5.57. The van der Waals surface area contributed by atoms with Crippen LogP contribution in [0.15, 0.2) is 30.6 Å². The van der Waals surface area contributed by atoms with E-state index < -0.39 is 4.92 Å². The molecule has 0 aromatic carbocycles. The van der Waals surface area contributed by atoms with Crippen LogP contribution in [-0.4, -0.2) is 28.1 Å². The van der Waals surface area contributed by atoms with E-state index in [0.29, 0.717) is 30.9 Å². The molecule has 0 aliphatic heterocycles. The summed E-state index contributed by atoms with van der Waals surface area (Å²) in [4.78, 5) is 18.6. The number of nitro groups is 1. The number of rotatable bonds is 8. The van der Waals surface area contributed by atoms with E-state index in [2.05, 4.69) is 9.97 Å². The summed E-state index contributed by atoms with van der Waals surface area (Å²) in [6.45, 7) is 2.77. The zero-order valence-corrected chi connectivity index (χ0v) is 13.6. The average molecular weight is 336 g/mol. The Morgan fingerprint density at radius 2 is 2.17 bits per heavy atom. The predicted octanol–water partition coefficient (Wildman–Crippen LogP) is 3.54. The number of aryl methyl sites for hydroxylation is 2. The number of aromatic nitrogens is 2. The Hall–Kier alpha value is -2.05. The van der Waals surface area contributed by atoms with Gasteiger partial charge in [0.2, 0.25) is 5.15 Å². The fourth-order valence-electron chi connectivity index (χ4n) is 2.28. The molecule has 0 aliphatic rings. The van der Waals surface area contributed by atoms with E-state index >= 15 is 0 Å². The maximum absolute atomic E-state index is 11.1. The summed E-state index contributed by atoms with van der Waals surface area (Å²) >= 11 is 5.86. The van der Waals surface area contributed by atoms with Crippen LogP contribution in [-0.2, 0) is 17.6 Å². The molecule has 0 N–H and O–H groups in total. The zero-order valence-electron chi connectivity index (χ0n) is 12.9. The minimum absolute atomic E-state index is 0.0680. The normalized spacial score (nSPS) is 10.7. The zero-order chi connectivity index (χ0) is 16.7. The van der Waals surface area contributed by atoms with Crippen molar-refractivity contribution in [3.05, 3.63) is 62.7 Å². The lowest BCUT2D eigenvalue weighted by Gasteiger charge is -2.07. The van der Waals surface area contributed by atoms with Crippen LogP contribution in [0, 0.1) is 17.0 Å². The highest BCUT2D eigenvalue weighted by atomic mass is 35.5. The Kier molecular flexibility index (Phi) is 6.43.